The molecule has 0 aliphatic rings. The summed E-state index contributed by atoms with van der Waals surface area (Å²) in [7, 11) is 2.99. The number of carbonyl (C=O) groups excluding carboxylic acids is 1. The number of halogens is 1. The molecular formula is C23H23FN2O6. The maximum absolute atomic E-state index is 13.8. The number of carbonyl (C=O) groups is 1. The summed E-state index contributed by atoms with van der Waals surface area (Å²) >= 11 is 0. The number of methoxy groups -OCH3 is 2. The Bertz CT molecular complexity index is 1160. The van der Waals surface area contributed by atoms with Crippen molar-refractivity contribution in [3.63, 3.8) is 0 Å². The maximum Gasteiger partial charge on any atom is 0.244 e. The Morgan fingerprint density at radius 3 is 2.50 bits per heavy atom. The second kappa shape index (κ2) is 10.5. The number of nitrogens with one attached hydrogen (secondary N) is 1. The quantitative estimate of drug-likeness (QED) is 0.529. The van der Waals surface area contributed by atoms with Gasteiger partial charge < -0.3 is 29.2 Å². The zero-order valence-electron chi connectivity index (χ0n) is 17.6. The first kappa shape index (κ1) is 22.8. The van der Waals surface area contributed by atoms with E-state index in [2.05, 4.69) is 5.32 Å². The number of benzene rings is 2. The molecule has 32 heavy (non-hydrogen) atoms. The lowest BCUT2D eigenvalue weighted by Crippen LogP contribution is -2.23. The Morgan fingerprint density at radius 2 is 1.81 bits per heavy atom. The summed E-state index contributed by atoms with van der Waals surface area (Å²) in [4.78, 5) is 24.9. The zero-order valence-corrected chi connectivity index (χ0v) is 17.6. The number of anilines is 1. The van der Waals surface area contributed by atoms with Gasteiger partial charge in [-0.1, -0.05) is 18.2 Å². The smallest absolute Gasteiger partial charge is 0.244 e. The lowest BCUT2D eigenvalue weighted by atomic mass is 10.2. The third kappa shape index (κ3) is 5.44. The Balaban J connectivity index is 1.76. The number of aliphatic hydroxyl groups is 1. The van der Waals surface area contributed by atoms with Gasteiger partial charge in [-0.05, 0) is 18.2 Å². The van der Waals surface area contributed by atoms with Gasteiger partial charge in [-0.25, -0.2) is 4.39 Å². The van der Waals surface area contributed by atoms with Crippen molar-refractivity contribution in [1.29, 1.82) is 0 Å². The Kier molecular flexibility index (Phi) is 7.45. The molecule has 0 saturated heterocycles. The van der Waals surface area contributed by atoms with Crippen molar-refractivity contribution in [1.82, 2.24) is 4.57 Å². The van der Waals surface area contributed by atoms with Crippen LogP contribution in [-0.2, 0) is 24.6 Å². The van der Waals surface area contributed by atoms with Crippen LogP contribution < -0.4 is 25.0 Å². The first-order valence-corrected chi connectivity index (χ1v) is 9.67. The van der Waals surface area contributed by atoms with Crippen LogP contribution in [0, 0.1) is 5.82 Å². The van der Waals surface area contributed by atoms with Crippen LogP contribution in [0.3, 0.4) is 0 Å². The largest absolute Gasteiger partial charge is 0.493 e. The summed E-state index contributed by atoms with van der Waals surface area (Å²) < 4.78 is 31.1. The number of hydrogen-bond donors (Lipinski definition) is 2. The highest BCUT2D eigenvalue weighted by atomic mass is 19.1. The van der Waals surface area contributed by atoms with Gasteiger partial charge in [0.15, 0.2) is 17.2 Å². The van der Waals surface area contributed by atoms with Crippen LogP contribution in [0.2, 0.25) is 0 Å². The van der Waals surface area contributed by atoms with E-state index in [1.54, 1.807) is 36.4 Å². The van der Waals surface area contributed by atoms with Crippen LogP contribution in [0.15, 0.2) is 59.5 Å². The molecule has 0 atom stereocenters. The third-order valence-electron chi connectivity index (χ3n) is 4.67. The monoisotopic (exact) mass is 442 g/mol. The van der Waals surface area contributed by atoms with Crippen LogP contribution in [0.5, 0.6) is 17.2 Å². The minimum atomic E-state index is -0.484. The number of nitrogens with zero attached hydrogens (tertiary/aromatic N) is 1. The molecule has 0 aliphatic heterocycles. The minimum Gasteiger partial charge on any atom is -0.493 e. The van der Waals surface area contributed by atoms with Crippen molar-refractivity contribution < 1.29 is 28.5 Å². The molecule has 2 aromatic carbocycles. The van der Waals surface area contributed by atoms with E-state index in [-0.39, 0.29) is 30.2 Å². The highest BCUT2D eigenvalue weighted by Crippen LogP contribution is 2.29. The molecule has 0 spiro atoms. The molecule has 1 amide bonds. The van der Waals surface area contributed by atoms with Crippen molar-refractivity contribution >= 4 is 11.6 Å². The summed E-state index contributed by atoms with van der Waals surface area (Å²) in [5.41, 5.74) is 0.517. The van der Waals surface area contributed by atoms with Gasteiger partial charge >= 0.3 is 0 Å². The van der Waals surface area contributed by atoms with Crippen molar-refractivity contribution in [2.24, 2.45) is 0 Å². The summed E-state index contributed by atoms with van der Waals surface area (Å²) in [6.45, 7) is -0.800. The van der Waals surface area contributed by atoms with E-state index in [1.807, 2.05) is 0 Å². The molecule has 1 aromatic heterocycles. The fourth-order valence-electron chi connectivity index (χ4n) is 3.03. The average molecular weight is 442 g/mol. The predicted octanol–water partition coefficient (Wildman–Crippen LogP) is 2.71. The van der Waals surface area contributed by atoms with E-state index in [9.17, 15) is 19.1 Å². The maximum atomic E-state index is 13.8. The molecule has 8 nitrogen and oxygen atoms in total. The number of rotatable bonds is 9. The molecule has 0 fully saturated rings. The normalized spacial score (nSPS) is 10.5. The van der Waals surface area contributed by atoms with Crippen LogP contribution in [-0.4, -0.2) is 29.8 Å². The lowest BCUT2D eigenvalue weighted by molar-refractivity contribution is -0.116. The van der Waals surface area contributed by atoms with Crippen molar-refractivity contribution in [2.45, 2.75) is 19.8 Å². The molecule has 2 N–H and O–H groups in total. The van der Waals surface area contributed by atoms with Gasteiger partial charge in [0.05, 0.1) is 27.0 Å². The van der Waals surface area contributed by atoms with Crippen LogP contribution in [0.1, 0.15) is 11.3 Å². The van der Waals surface area contributed by atoms with E-state index < -0.39 is 23.8 Å². The molecular weight excluding hydrogens is 419 g/mol. The first-order valence-electron chi connectivity index (χ1n) is 9.67. The van der Waals surface area contributed by atoms with Gasteiger partial charge in [0.25, 0.3) is 0 Å². The highest BCUT2D eigenvalue weighted by molar-refractivity contribution is 5.91. The van der Waals surface area contributed by atoms with Gasteiger partial charge in [-0.15, -0.1) is 0 Å². The number of aromatic nitrogens is 1. The summed E-state index contributed by atoms with van der Waals surface area (Å²) in [6, 6.07) is 12.2. The van der Waals surface area contributed by atoms with E-state index in [0.717, 1.165) is 0 Å². The zero-order chi connectivity index (χ0) is 23.1. The van der Waals surface area contributed by atoms with Gasteiger partial charge in [0, 0.05) is 29.1 Å². The lowest BCUT2D eigenvalue weighted by Gasteiger charge is -2.15. The number of ether oxygens (including phenoxy) is 3. The molecule has 0 unspecified atom stereocenters. The molecule has 3 rings (SSSR count). The summed E-state index contributed by atoms with van der Waals surface area (Å²) in [5.74, 6) is 0.0488. The number of amides is 1. The van der Waals surface area contributed by atoms with Gasteiger partial charge in [-0.3, -0.25) is 9.59 Å². The molecule has 3 aromatic rings. The third-order valence-corrected chi connectivity index (χ3v) is 4.67. The van der Waals surface area contributed by atoms with E-state index >= 15 is 0 Å². The molecule has 0 aliphatic carbocycles. The standard InChI is InChI=1S/C23H23FN2O6/c1-30-20-8-7-16(9-21(20)31-2)25-23(29)12-26-11-22(19(28)10-17(26)13-27)32-14-15-5-3-4-6-18(15)24/h3-11,27H,12-14H2,1-2H3,(H,25,29). The van der Waals surface area contributed by atoms with Gasteiger partial charge in [0.1, 0.15) is 19.0 Å². The summed E-state index contributed by atoms with van der Waals surface area (Å²) in [5, 5.41) is 12.3. The average Bonchev–Trinajstić information content (AvgIpc) is 2.79. The van der Waals surface area contributed by atoms with E-state index in [0.29, 0.717) is 17.2 Å². The highest BCUT2D eigenvalue weighted by Gasteiger charge is 2.13. The molecule has 1 heterocycles. The van der Waals surface area contributed by atoms with Crippen molar-refractivity contribution in [3.8, 4) is 17.2 Å². The van der Waals surface area contributed by atoms with Crippen LogP contribution >= 0.6 is 0 Å². The summed E-state index contributed by atoms with van der Waals surface area (Å²) in [6.07, 6.45) is 1.32. The fraction of sp³-hybridized carbons (Fsp3) is 0.217. The van der Waals surface area contributed by atoms with Gasteiger partial charge in [-0.2, -0.15) is 0 Å². The van der Waals surface area contributed by atoms with Crippen LogP contribution in [0.4, 0.5) is 10.1 Å². The molecule has 0 bridgehead atoms. The first-order chi connectivity index (χ1) is 15.4. The molecule has 168 valence electrons. The predicted molar refractivity (Wildman–Crippen MR) is 116 cm³/mol. The number of aliphatic hydroxyl groups excluding tert-OH is 1. The molecule has 0 radical (unpaired) electrons. The molecule has 9 heteroatoms. The van der Waals surface area contributed by atoms with Crippen molar-refractivity contribution in [3.05, 3.63) is 82.0 Å². The second-order valence-electron chi connectivity index (χ2n) is 6.78. The molecule has 0 saturated carbocycles. The van der Waals surface area contributed by atoms with Gasteiger partial charge in [0.2, 0.25) is 11.3 Å². The van der Waals surface area contributed by atoms with E-state index in [4.69, 9.17) is 14.2 Å². The number of hydrogen-bond acceptors (Lipinski definition) is 6. The second-order valence-corrected chi connectivity index (χ2v) is 6.78. The number of pyridine rings is 1. The SMILES string of the molecule is COc1ccc(NC(=O)Cn2cc(OCc3ccccc3F)c(=O)cc2CO)cc1OC. The van der Waals surface area contributed by atoms with Crippen molar-refractivity contribution in [2.75, 3.05) is 19.5 Å². The minimum absolute atomic E-state index is 0.0654. The van der Waals surface area contributed by atoms with E-state index in [1.165, 1.54) is 37.1 Å². The Labute approximate surface area is 183 Å². The van der Waals surface area contributed by atoms with Crippen LogP contribution in [0.25, 0.3) is 0 Å². The topological polar surface area (TPSA) is 99.0 Å². The fourth-order valence-corrected chi connectivity index (χ4v) is 3.03. The Hall–Kier alpha value is -3.85. The Morgan fingerprint density at radius 1 is 1.06 bits per heavy atom.